The van der Waals surface area contributed by atoms with Gasteiger partial charge in [0, 0.05) is 17.5 Å². The molecule has 0 aromatic carbocycles. The standard InChI is InChI=1S/C13H22N2OS/c1-15(10-5-2-3-6-12(10)16)11(9-14)13-7-4-8-17-13/h4,7-8,10-12,16H,2-3,5-6,9,14H2,1H3. The van der Waals surface area contributed by atoms with Crippen LogP contribution < -0.4 is 5.73 Å². The molecule has 0 spiro atoms. The van der Waals surface area contributed by atoms with Crippen molar-refractivity contribution < 1.29 is 5.11 Å². The van der Waals surface area contributed by atoms with E-state index in [1.807, 2.05) is 0 Å². The number of nitrogens with two attached hydrogens (primary N) is 1. The highest BCUT2D eigenvalue weighted by Crippen LogP contribution is 2.30. The Balaban J connectivity index is 2.08. The largest absolute Gasteiger partial charge is 0.391 e. The summed E-state index contributed by atoms with van der Waals surface area (Å²) in [6, 6.07) is 4.70. The predicted octanol–water partition coefficient (Wildman–Crippen LogP) is 1.98. The molecule has 3 atom stereocenters. The molecule has 3 nitrogen and oxygen atoms in total. The van der Waals surface area contributed by atoms with Crippen LogP contribution in [0.3, 0.4) is 0 Å². The Hall–Kier alpha value is -0.420. The summed E-state index contributed by atoms with van der Waals surface area (Å²) >= 11 is 1.75. The molecule has 1 aliphatic rings. The van der Waals surface area contributed by atoms with E-state index in [0.29, 0.717) is 6.54 Å². The van der Waals surface area contributed by atoms with Crippen LogP contribution in [0, 0.1) is 0 Å². The summed E-state index contributed by atoms with van der Waals surface area (Å²) in [4.78, 5) is 3.57. The Morgan fingerprint density at radius 3 is 2.88 bits per heavy atom. The van der Waals surface area contributed by atoms with Gasteiger partial charge < -0.3 is 10.8 Å². The Labute approximate surface area is 107 Å². The lowest BCUT2D eigenvalue weighted by atomic mass is 9.90. The summed E-state index contributed by atoms with van der Waals surface area (Å²) in [6.07, 6.45) is 4.18. The van der Waals surface area contributed by atoms with Crippen molar-refractivity contribution in [1.29, 1.82) is 0 Å². The molecule has 3 N–H and O–H groups in total. The number of hydrogen-bond donors (Lipinski definition) is 2. The first-order chi connectivity index (χ1) is 8.24. The lowest BCUT2D eigenvalue weighted by molar-refractivity contribution is 0.0144. The van der Waals surface area contributed by atoms with Gasteiger partial charge in [0.05, 0.1) is 12.1 Å². The maximum absolute atomic E-state index is 10.1. The van der Waals surface area contributed by atoms with Crippen molar-refractivity contribution in [1.82, 2.24) is 4.90 Å². The van der Waals surface area contributed by atoms with Crippen LogP contribution in [0.25, 0.3) is 0 Å². The van der Waals surface area contributed by atoms with Crippen molar-refractivity contribution >= 4 is 11.3 Å². The molecule has 1 aliphatic carbocycles. The molecule has 0 amide bonds. The molecule has 2 rings (SSSR count). The molecule has 0 radical (unpaired) electrons. The highest BCUT2D eigenvalue weighted by atomic mass is 32.1. The highest BCUT2D eigenvalue weighted by molar-refractivity contribution is 7.10. The molecule has 0 aliphatic heterocycles. The Morgan fingerprint density at radius 1 is 1.53 bits per heavy atom. The van der Waals surface area contributed by atoms with E-state index < -0.39 is 0 Å². The molecule has 17 heavy (non-hydrogen) atoms. The van der Waals surface area contributed by atoms with E-state index in [9.17, 15) is 5.11 Å². The first-order valence-electron chi connectivity index (χ1n) is 6.37. The van der Waals surface area contributed by atoms with Gasteiger partial charge in [0.15, 0.2) is 0 Å². The second kappa shape index (κ2) is 5.96. The van der Waals surface area contributed by atoms with Crippen molar-refractivity contribution in [2.45, 2.75) is 43.9 Å². The summed E-state index contributed by atoms with van der Waals surface area (Å²) in [5, 5.41) is 12.2. The van der Waals surface area contributed by atoms with Crippen LogP contribution in [0.4, 0.5) is 0 Å². The third kappa shape index (κ3) is 2.88. The molecule has 1 aromatic heterocycles. The number of aliphatic hydroxyl groups excluding tert-OH is 1. The van der Waals surface area contributed by atoms with E-state index in [-0.39, 0.29) is 18.2 Å². The third-order valence-corrected chi connectivity index (χ3v) is 4.78. The van der Waals surface area contributed by atoms with Gasteiger partial charge in [0.2, 0.25) is 0 Å². The van der Waals surface area contributed by atoms with Crippen LogP contribution in [0.15, 0.2) is 17.5 Å². The Kier molecular flexibility index (Phi) is 4.56. The number of thiophene rings is 1. The van der Waals surface area contributed by atoms with Gasteiger partial charge in [-0.15, -0.1) is 11.3 Å². The summed E-state index contributed by atoms with van der Waals surface area (Å²) < 4.78 is 0. The van der Waals surface area contributed by atoms with E-state index >= 15 is 0 Å². The molecule has 1 fully saturated rings. The molecule has 4 heteroatoms. The van der Waals surface area contributed by atoms with Gasteiger partial charge in [-0.3, -0.25) is 4.90 Å². The maximum atomic E-state index is 10.1. The molecule has 3 unspecified atom stereocenters. The van der Waals surface area contributed by atoms with Gasteiger partial charge in [0.1, 0.15) is 0 Å². The number of rotatable bonds is 4. The normalized spacial score (nSPS) is 27.3. The average Bonchev–Trinajstić information content (AvgIpc) is 2.84. The van der Waals surface area contributed by atoms with Crippen molar-refractivity contribution in [3.8, 4) is 0 Å². The molecule has 0 saturated heterocycles. The topological polar surface area (TPSA) is 49.5 Å². The van der Waals surface area contributed by atoms with E-state index in [2.05, 4.69) is 29.5 Å². The van der Waals surface area contributed by atoms with Gasteiger partial charge in [-0.1, -0.05) is 18.9 Å². The van der Waals surface area contributed by atoms with E-state index in [0.717, 1.165) is 19.3 Å². The van der Waals surface area contributed by atoms with Gasteiger partial charge >= 0.3 is 0 Å². The first kappa shape index (κ1) is 13.0. The summed E-state index contributed by atoms with van der Waals surface area (Å²) in [6.45, 7) is 0.611. The van der Waals surface area contributed by atoms with Gasteiger partial charge in [-0.25, -0.2) is 0 Å². The number of aliphatic hydroxyl groups is 1. The van der Waals surface area contributed by atoms with E-state index in [1.165, 1.54) is 11.3 Å². The van der Waals surface area contributed by atoms with Crippen molar-refractivity contribution in [2.24, 2.45) is 5.73 Å². The molecule has 96 valence electrons. The monoisotopic (exact) mass is 254 g/mol. The maximum Gasteiger partial charge on any atom is 0.0695 e. The number of hydrogen-bond acceptors (Lipinski definition) is 4. The quantitative estimate of drug-likeness (QED) is 0.864. The molecule has 1 aromatic rings. The Bertz CT molecular complexity index is 328. The molecule has 0 bridgehead atoms. The molecule has 1 saturated carbocycles. The minimum absolute atomic E-state index is 0.192. The van der Waals surface area contributed by atoms with Crippen molar-refractivity contribution in [2.75, 3.05) is 13.6 Å². The molecular formula is C13H22N2OS. The van der Waals surface area contributed by atoms with Crippen LogP contribution in [-0.2, 0) is 0 Å². The van der Waals surface area contributed by atoms with Crippen molar-refractivity contribution in [3.63, 3.8) is 0 Å². The minimum Gasteiger partial charge on any atom is -0.391 e. The molecule has 1 heterocycles. The zero-order valence-corrected chi connectivity index (χ0v) is 11.2. The van der Waals surface area contributed by atoms with Gasteiger partial charge in [-0.05, 0) is 31.3 Å². The summed E-state index contributed by atoms with van der Waals surface area (Å²) in [5.41, 5.74) is 5.90. The fraction of sp³-hybridized carbons (Fsp3) is 0.692. The van der Waals surface area contributed by atoms with E-state index in [4.69, 9.17) is 5.73 Å². The second-order valence-corrected chi connectivity index (χ2v) is 5.83. The van der Waals surface area contributed by atoms with Gasteiger partial charge in [-0.2, -0.15) is 0 Å². The van der Waals surface area contributed by atoms with Gasteiger partial charge in [0.25, 0.3) is 0 Å². The van der Waals surface area contributed by atoms with E-state index in [1.54, 1.807) is 11.3 Å². The summed E-state index contributed by atoms with van der Waals surface area (Å²) in [5.74, 6) is 0. The average molecular weight is 254 g/mol. The SMILES string of the molecule is CN(C(CN)c1cccs1)C1CCCCC1O. The van der Waals surface area contributed by atoms with Crippen LogP contribution in [-0.4, -0.2) is 35.7 Å². The Morgan fingerprint density at radius 2 is 2.29 bits per heavy atom. The fourth-order valence-electron chi connectivity index (χ4n) is 2.76. The predicted molar refractivity (Wildman–Crippen MR) is 72.1 cm³/mol. The molecular weight excluding hydrogens is 232 g/mol. The van der Waals surface area contributed by atoms with Crippen LogP contribution >= 0.6 is 11.3 Å². The van der Waals surface area contributed by atoms with Crippen LogP contribution in [0.1, 0.15) is 36.6 Å². The van der Waals surface area contributed by atoms with Crippen molar-refractivity contribution in [3.05, 3.63) is 22.4 Å². The zero-order valence-electron chi connectivity index (χ0n) is 10.4. The lowest BCUT2D eigenvalue weighted by Gasteiger charge is -2.39. The fourth-order valence-corrected chi connectivity index (χ4v) is 3.65. The third-order valence-electron chi connectivity index (χ3n) is 3.80. The first-order valence-corrected chi connectivity index (χ1v) is 7.25. The summed E-state index contributed by atoms with van der Waals surface area (Å²) in [7, 11) is 2.09. The lowest BCUT2D eigenvalue weighted by Crippen LogP contribution is -2.46. The zero-order chi connectivity index (χ0) is 12.3. The minimum atomic E-state index is -0.192. The second-order valence-electron chi connectivity index (χ2n) is 4.85. The highest BCUT2D eigenvalue weighted by Gasteiger charge is 2.30. The van der Waals surface area contributed by atoms with Crippen LogP contribution in [0.2, 0.25) is 0 Å². The number of likely N-dealkylation sites (N-methyl/N-ethyl adjacent to an activating group) is 1. The number of nitrogens with zero attached hydrogens (tertiary/aromatic N) is 1. The smallest absolute Gasteiger partial charge is 0.0695 e. The van der Waals surface area contributed by atoms with Crippen LogP contribution in [0.5, 0.6) is 0 Å².